The highest BCUT2D eigenvalue weighted by atomic mass is 16.7. The van der Waals surface area contributed by atoms with Crippen LogP contribution in [0.15, 0.2) is 18.2 Å². The zero-order chi connectivity index (χ0) is 18.1. The minimum atomic E-state index is -0.526. The lowest BCUT2D eigenvalue weighted by molar-refractivity contribution is -0.140. The molecule has 24 heavy (non-hydrogen) atoms. The van der Waals surface area contributed by atoms with Crippen LogP contribution in [0.2, 0.25) is 0 Å². The fourth-order valence-electron chi connectivity index (χ4n) is 2.75. The molecular formula is C18H27BO5. The van der Waals surface area contributed by atoms with Crippen molar-refractivity contribution < 1.29 is 23.6 Å². The molecule has 132 valence electrons. The van der Waals surface area contributed by atoms with Crippen molar-refractivity contribution in [1.82, 2.24) is 0 Å². The average Bonchev–Trinajstić information content (AvgIpc) is 2.73. The van der Waals surface area contributed by atoms with Crippen molar-refractivity contribution in [2.45, 2.75) is 58.1 Å². The first kappa shape index (κ1) is 18.8. The molecule has 0 aromatic heterocycles. The maximum Gasteiger partial charge on any atom is 0.466 e. The topological polar surface area (TPSA) is 54.0 Å². The van der Waals surface area contributed by atoms with Crippen LogP contribution in [0.4, 0.5) is 0 Å². The Morgan fingerprint density at radius 1 is 1.17 bits per heavy atom. The summed E-state index contributed by atoms with van der Waals surface area (Å²) in [6.07, 6.45) is 0.180. The highest BCUT2D eigenvalue weighted by Crippen LogP contribution is 2.42. The Morgan fingerprint density at radius 3 is 2.25 bits per heavy atom. The molecule has 5 nitrogen and oxygen atoms in total. The second-order valence-electron chi connectivity index (χ2n) is 7.24. The lowest BCUT2D eigenvalue weighted by Gasteiger charge is -2.32. The largest absolute Gasteiger partial charge is 0.496 e. The summed E-state index contributed by atoms with van der Waals surface area (Å²) in [6.45, 7) is 9.97. The number of rotatable bonds is 5. The number of hydrogen-bond donors (Lipinski definition) is 0. The van der Waals surface area contributed by atoms with Crippen LogP contribution in [0.1, 0.15) is 51.1 Å². The SMILES string of the molecule is COC(=O)CC(B1OC(C)(C)C(C)(C)O1)c1ccc(C)c(OC)c1. The van der Waals surface area contributed by atoms with Gasteiger partial charge in [0.25, 0.3) is 0 Å². The maximum atomic E-state index is 11.9. The second-order valence-corrected chi connectivity index (χ2v) is 7.24. The number of esters is 1. The molecule has 1 aliphatic rings. The molecule has 1 unspecified atom stereocenters. The van der Waals surface area contributed by atoms with Gasteiger partial charge in [0, 0.05) is 5.82 Å². The van der Waals surface area contributed by atoms with Crippen LogP contribution in [0, 0.1) is 6.92 Å². The van der Waals surface area contributed by atoms with Crippen LogP contribution in [-0.4, -0.2) is 38.5 Å². The Hall–Kier alpha value is -1.53. The van der Waals surface area contributed by atoms with Crippen molar-refractivity contribution in [2.75, 3.05) is 14.2 Å². The third kappa shape index (κ3) is 3.60. The summed E-state index contributed by atoms with van der Waals surface area (Å²) in [5, 5.41) is 0. The molecule has 1 aromatic carbocycles. The Bertz CT molecular complexity index is 595. The van der Waals surface area contributed by atoms with E-state index in [9.17, 15) is 4.79 Å². The highest BCUT2D eigenvalue weighted by Gasteiger charge is 2.54. The van der Waals surface area contributed by atoms with Crippen LogP contribution >= 0.6 is 0 Å². The predicted molar refractivity (Wildman–Crippen MR) is 93.2 cm³/mol. The number of aryl methyl sites for hydroxylation is 1. The summed E-state index contributed by atoms with van der Waals surface area (Å²) in [4.78, 5) is 11.9. The molecule has 6 heteroatoms. The van der Waals surface area contributed by atoms with Crippen LogP contribution < -0.4 is 4.74 Å². The van der Waals surface area contributed by atoms with Gasteiger partial charge >= 0.3 is 13.1 Å². The van der Waals surface area contributed by atoms with E-state index in [0.29, 0.717) is 0 Å². The predicted octanol–water partition coefficient (Wildman–Crippen LogP) is 3.28. The van der Waals surface area contributed by atoms with Gasteiger partial charge in [-0.2, -0.15) is 0 Å². The molecular weight excluding hydrogens is 307 g/mol. The van der Waals surface area contributed by atoms with E-state index < -0.39 is 18.3 Å². The number of ether oxygens (including phenoxy) is 2. The van der Waals surface area contributed by atoms with E-state index in [2.05, 4.69) is 0 Å². The van der Waals surface area contributed by atoms with Gasteiger partial charge in [-0.25, -0.2) is 0 Å². The summed E-state index contributed by atoms with van der Waals surface area (Å²) >= 11 is 0. The van der Waals surface area contributed by atoms with Gasteiger partial charge in [-0.05, 0) is 51.8 Å². The third-order valence-corrected chi connectivity index (χ3v) is 5.07. The van der Waals surface area contributed by atoms with E-state index in [1.807, 2.05) is 52.8 Å². The third-order valence-electron chi connectivity index (χ3n) is 5.07. The first-order chi connectivity index (χ1) is 11.1. The van der Waals surface area contributed by atoms with Crippen LogP contribution in [0.25, 0.3) is 0 Å². The molecule has 0 aliphatic carbocycles. The fourth-order valence-corrected chi connectivity index (χ4v) is 2.75. The van der Waals surface area contributed by atoms with E-state index in [4.69, 9.17) is 18.8 Å². The molecule has 1 aromatic rings. The van der Waals surface area contributed by atoms with E-state index in [-0.39, 0.29) is 18.2 Å². The van der Waals surface area contributed by atoms with E-state index in [1.165, 1.54) is 7.11 Å². The molecule has 1 aliphatic heterocycles. The second kappa shape index (κ2) is 6.77. The van der Waals surface area contributed by atoms with Gasteiger partial charge in [-0.15, -0.1) is 0 Å². The Balaban J connectivity index is 2.38. The number of hydrogen-bond acceptors (Lipinski definition) is 5. The Morgan fingerprint density at radius 2 is 1.75 bits per heavy atom. The summed E-state index contributed by atoms with van der Waals surface area (Å²) in [5.74, 6) is 0.209. The van der Waals surface area contributed by atoms with Crippen LogP contribution in [0.3, 0.4) is 0 Å². The van der Waals surface area contributed by atoms with Gasteiger partial charge in [0.1, 0.15) is 5.75 Å². The smallest absolute Gasteiger partial charge is 0.466 e. The average molecular weight is 334 g/mol. The molecule has 2 rings (SSSR count). The number of carbonyl (C=O) groups excluding carboxylic acids is 1. The summed E-state index contributed by atoms with van der Waals surface area (Å²) in [5.41, 5.74) is 1.05. The molecule has 1 saturated heterocycles. The van der Waals surface area contributed by atoms with E-state index in [1.54, 1.807) is 7.11 Å². The maximum absolute atomic E-state index is 11.9. The molecule has 1 atom stereocenters. The van der Waals surface area contributed by atoms with Crippen LogP contribution in [-0.2, 0) is 18.8 Å². The highest BCUT2D eigenvalue weighted by molar-refractivity contribution is 6.48. The van der Waals surface area contributed by atoms with Crippen molar-refractivity contribution in [3.63, 3.8) is 0 Å². The molecule has 0 radical (unpaired) electrons. The van der Waals surface area contributed by atoms with Gasteiger partial charge in [0.05, 0.1) is 31.8 Å². The van der Waals surface area contributed by atoms with Gasteiger partial charge in [-0.1, -0.05) is 12.1 Å². The molecule has 1 fully saturated rings. The normalized spacial score (nSPS) is 19.9. The van der Waals surface area contributed by atoms with Gasteiger partial charge in [-0.3, -0.25) is 4.79 Å². The molecule has 0 amide bonds. The van der Waals surface area contributed by atoms with Crippen molar-refractivity contribution >= 4 is 13.1 Å². The Labute approximate surface area is 144 Å². The zero-order valence-corrected chi connectivity index (χ0v) is 15.6. The van der Waals surface area contributed by atoms with Crippen molar-refractivity contribution in [2.24, 2.45) is 0 Å². The lowest BCUT2D eigenvalue weighted by atomic mass is 9.66. The van der Waals surface area contributed by atoms with Gasteiger partial charge in [0.2, 0.25) is 0 Å². The van der Waals surface area contributed by atoms with Gasteiger partial charge < -0.3 is 18.8 Å². The molecule has 0 spiro atoms. The first-order valence-electron chi connectivity index (χ1n) is 8.18. The molecule has 1 heterocycles. The summed E-state index contributed by atoms with van der Waals surface area (Å²) in [7, 11) is 2.50. The molecule has 0 saturated carbocycles. The van der Waals surface area contributed by atoms with E-state index in [0.717, 1.165) is 16.9 Å². The monoisotopic (exact) mass is 334 g/mol. The summed E-state index contributed by atoms with van der Waals surface area (Å²) in [6, 6.07) is 5.90. The zero-order valence-electron chi connectivity index (χ0n) is 15.6. The Kier molecular flexibility index (Phi) is 5.30. The molecule has 0 bridgehead atoms. The number of benzene rings is 1. The standard InChI is InChI=1S/C18H27BO5/c1-12-8-9-13(10-15(12)21-6)14(11-16(20)22-7)19-23-17(2,3)18(4,5)24-19/h8-10,14H,11H2,1-7H3. The number of methoxy groups -OCH3 is 2. The van der Waals surface area contributed by atoms with Crippen LogP contribution in [0.5, 0.6) is 5.75 Å². The molecule has 0 N–H and O–H groups in total. The number of carbonyl (C=O) groups is 1. The quantitative estimate of drug-likeness (QED) is 0.611. The lowest BCUT2D eigenvalue weighted by Crippen LogP contribution is -2.41. The van der Waals surface area contributed by atoms with Crippen molar-refractivity contribution in [3.05, 3.63) is 29.3 Å². The van der Waals surface area contributed by atoms with Gasteiger partial charge in [0.15, 0.2) is 0 Å². The van der Waals surface area contributed by atoms with E-state index >= 15 is 0 Å². The minimum absolute atomic E-state index is 0.180. The first-order valence-corrected chi connectivity index (χ1v) is 8.18. The fraction of sp³-hybridized carbons (Fsp3) is 0.611. The minimum Gasteiger partial charge on any atom is -0.496 e. The van der Waals surface area contributed by atoms with Crippen molar-refractivity contribution in [1.29, 1.82) is 0 Å². The summed E-state index contributed by atoms with van der Waals surface area (Å²) < 4.78 is 22.6. The van der Waals surface area contributed by atoms with Crippen molar-refractivity contribution in [3.8, 4) is 5.75 Å².